The molecule has 3 fully saturated rings. The van der Waals surface area contributed by atoms with Gasteiger partial charge in [0.25, 0.3) is 0 Å². The quantitative estimate of drug-likeness (QED) is 0.0657. The first kappa shape index (κ1) is 42.6. The van der Waals surface area contributed by atoms with Gasteiger partial charge < -0.3 is 9.47 Å². The fourth-order valence-corrected chi connectivity index (χ4v) is 12.0. The maximum Gasteiger partial charge on any atom is 0.306 e. The summed E-state index contributed by atoms with van der Waals surface area (Å²) in [6.07, 6.45) is 26.5. The number of benzene rings is 2. The van der Waals surface area contributed by atoms with Crippen LogP contribution in [0.2, 0.25) is 0 Å². The van der Waals surface area contributed by atoms with Crippen molar-refractivity contribution in [2.45, 2.75) is 176 Å². The molecular formula is C53H76O3. The molecule has 3 heteroatoms. The Bertz CT molecular complexity index is 1620. The lowest BCUT2D eigenvalue weighted by Gasteiger charge is -2.58. The summed E-state index contributed by atoms with van der Waals surface area (Å²) in [7, 11) is 0. The first-order valence-corrected chi connectivity index (χ1v) is 23.3. The number of carbonyl (C=O) groups is 1. The van der Waals surface area contributed by atoms with E-state index in [9.17, 15) is 4.79 Å². The topological polar surface area (TPSA) is 35.5 Å². The van der Waals surface area contributed by atoms with E-state index in [1.165, 1.54) is 76.2 Å². The number of fused-ring (bicyclic) bond motifs is 5. The van der Waals surface area contributed by atoms with Gasteiger partial charge in [-0.15, -0.1) is 0 Å². The van der Waals surface area contributed by atoms with E-state index in [0.29, 0.717) is 23.9 Å². The van der Waals surface area contributed by atoms with E-state index in [4.69, 9.17) is 9.47 Å². The molecule has 0 aliphatic heterocycles. The van der Waals surface area contributed by atoms with Gasteiger partial charge in [-0.3, -0.25) is 4.79 Å². The van der Waals surface area contributed by atoms with Gasteiger partial charge in [-0.25, -0.2) is 0 Å². The van der Waals surface area contributed by atoms with Gasteiger partial charge in [0, 0.05) is 24.0 Å². The highest BCUT2D eigenvalue weighted by atomic mass is 16.5. The van der Waals surface area contributed by atoms with Crippen LogP contribution in [0.4, 0.5) is 0 Å². The zero-order valence-corrected chi connectivity index (χ0v) is 36.3. The van der Waals surface area contributed by atoms with Crippen molar-refractivity contribution < 1.29 is 14.3 Å². The van der Waals surface area contributed by atoms with Crippen LogP contribution in [-0.4, -0.2) is 18.7 Å². The molecule has 0 unspecified atom stereocenters. The van der Waals surface area contributed by atoms with Gasteiger partial charge in [0.05, 0.1) is 6.61 Å². The molecule has 0 spiro atoms. The second kappa shape index (κ2) is 20.1. The van der Waals surface area contributed by atoms with Gasteiger partial charge in [0.15, 0.2) is 0 Å². The number of hydrogen-bond acceptors (Lipinski definition) is 3. The van der Waals surface area contributed by atoms with Crippen molar-refractivity contribution in [3.63, 3.8) is 0 Å². The molecule has 56 heavy (non-hydrogen) atoms. The molecule has 2 aromatic rings. The van der Waals surface area contributed by atoms with Crippen molar-refractivity contribution in [2.75, 3.05) is 6.61 Å². The minimum atomic E-state index is 0.0117. The molecule has 0 radical (unpaired) electrons. The van der Waals surface area contributed by atoms with E-state index < -0.39 is 0 Å². The second-order valence-corrected chi connectivity index (χ2v) is 19.6. The van der Waals surface area contributed by atoms with E-state index in [2.05, 4.69) is 83.7 Å². The van der Waals surface area contributed by atoms with Crippen molar-refractivity contribution in [1.29, 1.82) is 0 Å². The third kappa shape index (κ3) is 10.7. The Morgan fingerprint density at radius 2 is 1.50 bits per heavy atom. The van der Waals surface area contributed by atoms with Crippen molar-refractivity contribution in [3.05, 3.63) is 76.9 Å². The van der Waals surface area contributed by atoms with Gasteiger partial charge in [0.2, 0.25) is 0 Å². The average molecular weight is 761 g/mol. The number of ether oxygens (including phenoxy) is 2. The van der Waals surface area contributed by atoms with Crippen LogP contribution in [0.15, 0.2) is 60.2 Å². The molecule has 306 valence electrons. The minimum absolute atomic E-state index is 0.0117. The third-order valence-electron chi connectivity index (χ3n) is 15.3. The van der Waals surface area contributed by atoms with Gasteiger partial charge in [-0.2, -0.15) is 0 Å². The highest BCUT2D eigenvalue weighted by molar-refractivity contribution is 5.69. The Hall–Kier alpha value is -2.99. The van der Waals surface area contributed by atoms with E-state index in [1.54, 1.807) is 5.57 Å². The Kier molecular flexibility index (Phi) is 15.3. The molecule has 0 N–H and O–H groups in total. The van der Waals surface area contributed by atoms with Crippen molar-refractivity contribution >= 4 is 5.97 Å². The Morgan fingerprint density at radius 1 is 0.786 bits per heavy atom. The summed E-state index contributed by atoms with van der Waals surface area (Å²) in [6, 6.07) is 16.7. The molecule has 0 bridgehead atoms. The summed E-state index contributed by atoms with van der Waals surface area (Å²) in [6.45, 7) is 15.6. The summed E-state index contributed by atoms with van der Waals surface area (Å²) in [5.74, 6) is 12.6. The lowest BCUT2D eigenvalue weighted by atomic mass is 9.47. The van der Waals surface area contributed by atoms with Crippen LogP contribution in [0, 0.1) is 58.2 Å². The van der Waals surface area contributed by atoms with Crippen LogP contribution >= 0.6 is 0 Å². The smallest absolute Gasteiger partial charge is 0.306 e. The monoisotopic (exact) mass is 761 g/mol. The molecule has 2 aromatic carbocycles. The van der Waals surface area contributed by atoms with Crippen LogP contribution < -0.4 is 4.74 Å². The number of rotatable bonds is 18. The van der Waals surface area contributed by atoms with Gasteiger partial charge in [0.1, 0.15) is 11.9 Å². The van der Waals surface area contributed by atoms with Crippen LogP contribution in [0.3, 0.4) is 0 Å². The Labute approximate surface area is 342 Å². The first-order valence-electron chi connectivity index (χ1n) is 23.3. The maximum atomic E-state index is 12.9. The van der Waals surface area contributed by atoms with Gasteiger partial charge in [-0.05, 0) is 159 Å². The standard InChI is InChI=1S/C53H76O3/c1-7-8-17-41-19-21-42(22-20-41)23-24-43-25-28-45(29-26-43)55-37-13-11-9-10-12-18-51(54)56-46-33-35-52(5)44(38-46)27-30-47-49-32-31-48(40(4)16-14-15-39(2)3)53(49,6)36-34-50(47)52/h19-22,25-29,39-40,46-50H,7-18,30-38H2,1-6H3/t40-,46+,47+,48-,49+,50+,52+,53-/m1/s1. The summed E-state index contributed by atoms with van der Waals surface area (Å²) < 4.78 is 12.1. The summed E-state index contributed by atoms with van der Waals surface area (Å²) in [5.41, 5.74) is 5.89. The molecule has 4 aliphatic carbocycles. The molecule has 3 nitrogen and oxygen atoms in total. The second-order valence-electron chi connectivity index (χ2n) is 19.6. The summed E-state index contributed by atoms with van der Waals surface area (Å²) >= 11 is 0. The SMILES string of the molecule is CCCCc1ccc(C#Cc2ccc(OCCCCCCCC(=O)O[C@H]3CC[C@@]4(C)C(=CC[C@H]5[C@@H]6CC[C@H]([C@H](C)CCCC(C)C)[C@@]6(C)CC[C@@H]54)C3)cc2)cc1. The minimum Gasteiger partial charge on any atom is -0.494 e. The third-order valence-corrected chi connectivity index (χ3v) is 15.3. The molecule has 0 heterocycles. The molecule has 0 aromatic heterocycles. The largest absolute Gasteiger partial charge is 0.494 e. The highest BCUT2D eigenvalue weighted by Gasteiger charge is 2.59. The summed E-state index contributed by atoms with van der Waals surface area (Å²) in [5, 5.41) is 0. The van der Waals surface area contributed by atoms with Crippen LogP contribution in [-0.2, 0) is 16.0 Å². The molecule has 3 saturated carbocycles. The maximum absolute atomic E-state index is 12.9. The van der Waals surface area contributed by atoms with Crippen LogP contribution in [0.5, 0.6) is 5.75 Å². The van der Waals surface area contributed by atoms with Crippen molar-refractivity contribution in [2.24, 2.45) is 46.3 Å². The zero-order valence-electron chi connectivity index (χ0n) is 36.3. The van der Waals surface area contributed by atoms with Crippen LogP contribution in [0.1, 0.15) is 180 Å². The Morgan fingerprint density at radius 3 is 2.23 bits per heavy atom. The normalized spacial score (nSPS) is 28.6. The molecule has 8 atom stereocenters. The number of carbonyl (C=O) groups excluding carboxylic acids is 1. The first-order chi connectivity index (χ1) is 27.1. The average Bonchev–Trinajstić information content (AvgIpc) is 3.55. The van der Waals surface area contributed by atoms with Gasteiger partial charge in [-0.1, -0.05) is 122 Å². The lowest BCUT2D eigenvalue weighted by molar-refractivity contribution is -0.151. The van der Waals surface area contributed by atoms with Crippen molar-refractivity contribution in [3.8, 4) is 17.6 Å². The van der Waals surface area contributed by atoms with Crippen LogP contribution in [0.25, 0.3) is 0 Å². The summed E-state index contributed by atoms with van der Waals surface area (Å²) in [4.78, 5) is 12.9. The number of unbranched alkanes of at least 4 members (excludes halogenated alkanes) is 5. The number of esters is 1. The number of allylic oxidation sites excluding steroid dienone is 1. The lowest BCUT2D eigenvalue weighted by Crippen LogP contribution is -2.51. The highest BCUT2D eigenvalue weighted by Crippen LogP contribution is 2.67. The predicted molar refractivity (Wildman–Crippen MR) is 234 cm³/mol. The molecule has 6 rings (SSSR count). The molecule has 4 aliphatic rings. The van der Waals surface area contributed by atoms with E-state index in [1.807, 2.05) is 24.3 Å². The molecular weight excluding hydrogens is 685 g/mol. The Balaban J connectivity index is 0.847. The van der Waals surface area contributed by atoms with Crippen molar-refractivity contribution in [1.82, 2.24) is 0 Å². The molecule has 0 saturated heterocycles. The van der Waals surface area contributed by atoms with E-state index >= 15 is 0 Å². The molecule has 0 amide bonds. The van der Waals surface area contributed by atoms with E-state index in [-0.39, 0.29) is 12.1 Å². The fourth-order valence-electron chi connectivity index (χ4n) is 12.0. The number of aryl methyl sites for hydroxylation is 1. The van der Waals surface area contributed by atoms with E-state index in [0.717, 1.165) is 104 Å². The predicted octanol–water partition coefficient (Wildman–Crippen LogP) is 14.1. The number of hydrogen-bond donors (Lipinski definition) is 0. The van der Waals surface area contributed by atoms with Gasteiger partial charge >= 0.3 is 5.97 Å². The fraction of sp³-hybridized carbons (Fsp3) is 0.679. The zero-order chi connectivity index (χ0) is 39.5.